The number of H-pyrrole nitrogens is 1. The lowest BCUT2D eigenvalue weighted by Gasteiger charge is -2.24. The lowest BCUT2D eigenvalue weighted by molar-refractivity contribution is 0.597. The fourth-order valence-electron chi connectivity index (χ4n) is 3.60. The highest BCUT2D eigenvalue weighted by atomic mass is 19.1. The molecule has 0 saturated carbocycles. The molecule has 0 fully saturated rings. The third-order valence-corrected chi connectivity index (χ3v) is 4.98. The van der Waals surface area contributed by atoms with Crippen LogP contribution in [0.5, 0.6) is 0 Å². The van der Waals surface area contributed by atoms with Crippen molar-refractivity contribution in [1.29, 1.82) is 0 Å². The predicted octanol–water partition coefficient (Wildman–Crippen LogP) is 2.93. The summed E-state index contributed by atoms with van der Waals surface area (Å²) < 4.78 is 15.3. The minimum absolute atomic E-state index is 0.245. The fourth-order valence-corrected chi connectivity index (χ4v) is 3.60. The van der Waals surface area contributed by atoms with Gasteiger partial charge in [0.15, 0.2) is 11.5 Å². The second kappa shape index (κ2) is 6.15. The van der Waals surface area contributed by atoms with E-state index < -0.39 is 5.82 Å². The third-order valence-electron chi connectivity index (χ3n) is 4.98. The molecule has 0 bridgehead atoms. The summed E-state index contributed by atoms with van der Waals surface area (Å²) in [7, 11) is 0. The number of rotatable bonds is 3. The smallest absolute Gasteiger partial charge is 0.228 e. The normalized spacial score (nSPS) is 16.4. The van der Waals surface area contributed by atoms with Crippen molar-refractivity contribution in [3.63, 3.8) is 0 Å². The van der Waals surface area contributed by atoms with E-state index >= 15 is 0 Å². The van der Waals surface area contributed by atoms with Crippen LogP contribution in [0.3, 0.4) is 0 Å². The zero-order valence-corrected chi connectivity index (χ0v) is 14.8. The van der Waals surface area contributed by atoms with Crippen LogP contribution in [-0.4, -0.2) is 35.6 Å². The molecule has 4 aromatic heterocycles. The molecule has 27 heavy (non-hydrogen) atoms. The number of nitrogens with one attached hydrogen (secondary N) is 2. The molecular weight excluding hydrogens is 345 g/mol. The zero-order valence-electron chi connectivity index (χ0n) is 14.8. The van der Waals surface area contributed by atoms with Crippen LogP contribution in [0.4, 0.5) is 10.3 Å². The Morgan fingerprint density at radius 1 is 1.26 bits per heavy atom. The number of hydrogen-bond donors (Lipinski definition) is 2. The van der Waals surface area contributed by atoms with Gasteiger partial charge in [-0.2, -0.15) is 14.6 Å². The van der Waals surface area contributed by atoms with Crippen molar-refractivity contribution >= 4 is 11.6 Å². The Labute approximate surface area is 154 Å². The molecule has 0 aliphatic heterocycles. The maximum atomic E-state index is 13.6. The van der Waals surface area contributed by atoms with Gasteiger partial charge in [-0.3, -0.25) is 4.98 Å². The lowest BCUT2D eigenvalue weighted by atomic mass is 9.93. The van der Waals surface area contributed by atoms with E-state index in [1.807, 2.05) is 13.1 Å². The van der Waals surface area contributed by atoms with Crippen molar-refractivity contribution in [2.45, 2.75) is 32.2 Å². The quantitative estimate of drug-likeness (QED) is 0.585. The molecule has 0 saturated heterocycles. The van der Waals surface area contributed by atoms with Crippen molar-refractivity contribution in [3.05, 3.63) is 59.6 Å². The van der Waals surface area contributed by atoms with Crippen LogP contribution in [0.25, 0.3) is 17.0 Å². The average Bonchev–Trinajstić information content (AvgIpc) is 3.28. The molecule has 136 valence electrons. The second-order valence-electron chi connectivity index (χ2n) is 6.89. The number of hydrogen-bond acceptors (Lipinski definition) is 5. The molecule has 0 amide bonds. The van der Waals surface area contributed by atoms with Crippen molar-refractivity contribution < 1.29 is 4.39 Å². The summed E-state index contributed by atoms with van der Waals surface area (Å²) in [5.74, 6) is 0.623. The molecule has 5 rings (SSSR count). The van der Waals surface area contributed by atoms with Crippen molar-refractivity contribution in [3.8, 4) is 11.4 Å². The van der Waals surface area contributed by atoms with E-state index in [1.165, 1.54) is 23.5 Å². The zero-order chi connectivity index (χ0) is 18.4. The Hall–Kier alpha value is -3.29. The number of nitrogens with zero attached hydrogens (tertiary/aromatic N) is 5. The molecule has 1 atom stereocenters. The van der Waals surface area contributed by atoms with E-state index in [1.54, 1.807) is 16.9 Å². The van der Waals surface area contributed by atoms with Crippen LogP contribution in [0, 0.1) is 12.7 Å². The molecule has 0 spiro atoms. The van der Waals surface area contributed by atoms with Crippen molar-refractivity contribution in [2.75, 3.05) is 5.32 Å². The number of halogens is 1. The number of fused-ring (bicyclic) bond motifs is 2. The molecule has 8 heteroatoms. The fraction of sp³-hybridized carbons (Fsp3) is 0.263. The van der Waals surface area contributed by atoms with Gasteiger partial charge in [0.25, 0.3) is 0 Å². The van der Waals surface area contributed by atoms with Crippen LogP contribution in [0.1, 0.15) is 23.2 Å². The first-order valence-electron chi connectivity index (χ1n) is 8.92. The lowest BCUT2D eigenvalue weighted by Crippen LogP contribution is -2.28. The number of aromatic amines is 1. The third kappa shape index (κ3) is 2.83. The van der Waals surface area contributed by atoms with Crippen molar-refractivity contribution in [2.24, 2.45) is 0 Å². The van der Waals surface area contributed by atoms with Gasteiger partial charge in [-0.15, -0.1) is 0 Å². The Morgan fingerprint density at radius 3 is 3.07 bits per heavy atom. The van der Waals surface area contributed by atoms with Gasteiger partial charge in [0.2, 0.25) is 5.95 Å². The van der Waals surface area contributed by atoms with Gasteiger partial charge in [-0.05, 0) is 43.9 Å². The van der Waals surface area contributed by atoms with Crippen LogP contribution in [-0.2, 0) is 12.8 Å². The van der Waals surface area contributed by atoms with E-state index in [-0.39, 0.29) is 6.04 Å². The van der Waals surface area contributed by atoms with E-state index in [0.29, 0.717) is 23.0 Å². The summed E-state index contributed by atoms with van der Waals surface area (Å²) in [6, 6.07) is 3.76. The Balaban J connectivity index is 1.55. The largest absolute Gasteiger partial charge is 0.365 e. The molecular formula is C19H18FN7. The van der Waals surface area contributed by atoms with Crippen molar-refractivity contribution in [1.82, 2.24) is 29.5 Å². The van der Waals surface area contributed by atoms with Gasteiger partial charge in [0.05, 0.1) is 12.4 Å². The minimum Gasteiger partial charge on any atom is -0.365 e. The Morgan fingerprint density at radius 2 is 2.19 bits per heavy atom. The number of aryl methyl sites for hydroxylation is 2. The minimum atomic E-state index is -0.414. The summed E-state index contributed by atoms with van der Waals surface area (Å²) in [6.45, 7) is 1.94. The van der Waals surface area contributed by atoms with E-state index in [4.69, 9.17) is 0 Å². The van der Waals surface area contributed by atoms with Gasteiger partial charge in [-0.1, -0.05) is 0 Å². The molecule has 7 nitrogen and oxygen atoms in total. The maximum Gasteiger partial charge on any atom is 0.228 e. The summed E-state index contributed by atoms with van der Waals surface area (Å²) >= 11 is 0. The first kappa shape index (κ1) is 15.9. The SMILES string of the molecule is Cc1cnn2c(N[C@@H]3CCc4[nH]ccc4C3)nc(-c3cncc(F)c3)nc12. The monoisotopic (exact) mass is 363 g/mol. The number of pyridine rings is 1. The highest BCUT2D eigenvalue weighted by molar-refractivity contribution is 5.61. The van der Waals surface area contributed by atoms with Gasteiger partial charge >= 0.3 is 0 Å². The first-order valence-corrected chi connectivity index (χ1v) is 8.92. The topological polar surface area (TPSA) is 83.8 Å². The van der Waals surface area contributed by atoms with Gasteiger partial charge in [0, 0.05) is 35.3 Å². The summed E-state index contributed by atoms with van der Waals surface area (Å²) in [5.41, 5.74) is 4.81. The van der Waals surface area contributed by atoms with Crippen LogP contribution in [0.2, 0.25) is 0 Å². The standard InChI is InChI=1S/C19H18FN7/c1-11-8-23-27-18(11)25-17(13-6-14(20)10-21-9-13)26-19(27)24-15-2-3-16-12(7-15)4-5-22-16/h4-6,8-10,15,22H,2-3,7H2,1H3,(H,24,25,26)/t15-/m1/s1. The highest BCUT2D eigenvalue weighted by Gasteiger charge is 2.22. The van der Waals surface area contributed by atoms with E-state index in [0.717, 1.165) is 24.8 Å². The molecule has 1 aliphatic carbocycles. The average molecular weight is 363 g/mol. The van der Waals surface area contributed by atoms with Crippen LogP contribution in [0.15, 0.2) is 36.9 Å². The van der Waals surface area contributed by atoms with Crippen LogP contribution >= 0.6 is 0 Å². The summed E-state index contributed by atoms with van der Waals surface area (Å²) in [6.07, 6.45) is 9.39. The molecule has 4 aromatic rings. The molecule has 0 radical (unpaired) electrons. The predicted molar refractivity (Wildman–Crippen MR) is 98.9 cm³/mol. The van der Waals surface area contributed by atoms with E-state index in [2.05, 4.69) is 36.4 Å². The van der Waals surface area contributed by atoms with Crippen LogP contribution < -0.4 is 5.32 Å². The second-order valence-corrected chi connectivity index (χ2v) is 6.89. The summed E-state index contributed by atoms with van der Waals surface area (Å²) in [5, 5.41) is 7.92. The Bertz CT molecular complexity index is 1130. The maximum absolute atomic E-state index is 13.6. The van der Waals surface area contributed by atoms with Gasteiger partial charge < -0.3 is 10.3 Å². The molecule has 0 unspecified atom stereocenters. The molecule has 0 aromatic carbocycles. The molecule has 1 aliphatic rings. The van der Waals surface area contributed by atoms with Gasteiger partial charge in [0.1, 0.15) is 5.82 Å². The number of anilines is 1. The number of aromatic nitrogens is 6. The summed E-state index contributed by atoms with van der Waals surface area (Å²) in [4.78, 5) is 16.4. The van der Waals surface area contributed by atoms with Gasteiger partial charge in [-0.25, -0.2) is 9.37 Å². The molecule has 4 heterocycles. The van der Waals surface area contributed by atoms with E-state index in [9.17, 15) is 4.39 Å². The Kier molecular flexibility index (Phi) is 3.63. The first-order chi connectivity index (χ1) is 13.2. The molecule has 2 N–H and O–H groups in total. The highest BCUT2D eigenvalue weighted by Crippen LogP contribution is 2.24.